The molecule has 1 atom stereocenters. The molecule has 2 aromatic heterocycles. The van der Waals surface area contributed by atoms with Gasteiger partial charge in [-0.15, -0.1) is 0 Å². The van der Waals surface area contributed by atoms with E-state index in [4.69, 9.17) is 4.74 Å². The maximum atomic E-state index is 14.4. The molecule has 2 aliphatic heterocycles. The fourth-order valence-electron chi connectivity index (χ4n) is 3.88. The Bertz CT molecular complexity index is 1010. The molecule has 0 saturated carbocycles. The zero-order chi connectivity index (χ0) is 21.3. The molecule has 0 bridgehead atoms. The van der Waals surface area contributed by atoms with Crippen LogP contribution in [0.5, 0.6) is 0 Å². The van der Waals surface area contributed by atoms with Crippen molar-refractivity contribution in [1.82, 2.24) is 20.2 Å². The predicted molar refractivity (Wildman–Crippen MR) is 113 cm³/mol. The molecule has 0 aromatic carbocycles. The van der Waals surface area contributed by atoms with E-state index < -0.39 is 11.9 Å². The van der Waals surface area contributed by atoms with Crippen LogP contribution in [0.4, 0.5) is 10.1 Å². The molecule has 2 N–H and O–H groups in total. The number of nitrogens with zero attached hydrogens (tertiary/aromatic N) is 3. The molecule has 1 fully saturated rings. The molecular formula is C20H23BrFN5O3. The second-order valence-corrected chi connectivity index (χ2v) is 8.31. The van der Waals surface area contributed by atoms with Gasteiger partial charge in [-0.1, -0.05) is 0 Å². The lowest BCUT2D eigenvalue weighted by Gasteiger charge is -2.38. The summed E-state index contributed by atoms with van der Waals surface area (Å²) in [6.07, 6.45) is 0.670. The van der Waals surface area contributed by atoms with Crippen molar-refractivity contribution in [3.05, 3.63) is 55.9 Å². The van der Waals surface area contributed by atoms with E-state index in [1.165, 1.54) is 13.1 Å². The third kappa shape index (κ3) is 4.40. The number of amides is 1. The summed E-state index contributed by atoms with van der Waals surface area (Å²) in [6.45, 7) is 4.07. The standard InChI is InChI=1S/C20H23BrFN5O3/c1-23-20(29)15-2-3-17(18(22)24-15)27-6-4-26(5-7-27)10-13-9-16-12(11-30-13)8-14(21)19(28)25-16/h2-3,8,13H,4-7,9-11H2,1H3,(H,23,29)(H,25,28). The summed E-state index contributed by atoms with van der Waals surface area (Å²) in [7, 11) is 1.49. The quantitative estimate of drug-likeness (QED) is 0.642. The topological polar surface area (TPSA) is 90.6 Å². The maximum absolute atomic E-state index is 14.4. The fourth-order valence-corrected chi connectivity index (χ4v) is 4.26. The Kier molecular flexibility index (Phi) is 6.16. The number of nitrogens with one attached hydrogen (secondary N) is 2. The summed E-state index contributed by atoms with van der Waals surface area (Å²) in [5, 5.41) is 2.44. The van der Waals surface area contributed by atoms with Gasteiger partial charge in [0.1, 0.15) is 5.69 Å². The van der Waals surface area contributed by atoms with Gasteiger partial charge in [0.15, 0.2) is 0 Å². The number of carbonyl (C=O) groups excluding carboxylic acids is 1. The number of aromatic nitrogens is 2. The van der Waals surface area contributed by atoms with Gasteiger partial charge in [-0.25, -0.2) is 4.98 Å². The highest BCUT2D eigenvalue weighted by molar-refractivity contribution is 9.10. The first-order valence-electron chi connectivity index (χ1n) is 9.82. The minimum absolute atomic E-state index is 0.00566. The Hall–Kier alpha value is -2.30. The number of anilines is 1. The van der Waals surface area contributed by atoms with Gasteiger partial charge >= 0.3 is 0 Å². The van der Waals surface area contributed by atoms with Crippen molar-refractivity contribution in [3.8, 4) is 0 Å². The number of ether oxygens (including phenoxy) is 1. The SMILES string of the molecule is CNC(=O)c1ccc(N2CCN(CC3Cc4[nH]c(=O)c(Br)cc4CO3)CC2)c(F)n1. The molecule has 0 spiro atoms. The summed E-state index contributed by atoms with van der Waals surface area (Å²) in [5.74, 6) is -1.04. The van der Waals surface area contributed by atoms with Crippen LogP contribution in [0.25, 0.3) is 0 Å². The largest absolute Gasteiger partial charge is 0.372 e. The van der Waals surface area contributed by atoms with Gasteiger partial charge in [-0.2, -0.15) is 4.39 Å². The lowest BCUT2D eigenvalue weighted by Crippen LogP contribution is -2.50. The zero-order valence-corrected chi connectivity index (χ0v) is 18.2. The monoisotopic (exact) mass is 479 g/mol. The Morgan fingerprint density at radius 3 is 2.83 bits per heavy atom. The molecule has 1 saturated heterocycles. The molecule has 2 aromatic rings. The van der Waals surface area contributed by atoms with Crippen LogP contribution in [0, 0.1) is 5.95 Å². The predicted octanol–water partition coefficient (Wildman–Crippen LogP) is 1.29. The molecule has 4 rings (SSSR count). The van der Waals surface area contributed by atoms with Crippen molar-refractivity contribution < 1.29 is 13.9 Å². The molecule has 10 heteroatoms. The molecule has 4 heterocycles. The number of hydrogen-bond donors (Lipinski definition) is 2. The van der Waals surface area contributed by atoms with Crippen LogP contribution in [0.2, 0.25) is 0 Å². The third-order valence-corrected chi connectivity index (χ3v) is 6.13. The summed E-state index contributed by atoms with van der Waals surface area (Å²) >= 11 is 3.25. The van der Waals surface area contributed by atoms with Crippen LogP contribution < -0.4 is 15.8 Å². The molecule has 30 heavy (non-hydrogen) atoms. The zero-order valence-electron chi connectivity index (χ0n) is 16.6. The van der Waals surface area contributed by atoms with E-state index >= 15 is 0 Å². The molecule has 1 amide bonds. The molecule has 1 unspecified atom stereocenters. The van der Waals surface area contributed by atoms with Gasteiger partial charge in [0.25, 0.3) is 11.5 Å². The number of rotatable bonds is 4. The number of fused-ring (bicyclic) bond motifs is 1. The summed E-state index contributed by atoms with van der Waals surface area (Å²) in [4.78, 5) is 34.4. The van der Waals surface area contributed by atoms with Crippen LogP contribution in [0.15, 0.2) is 27.5 Å². The van der Waals surface area contributed by atoms with Crippen molar-refractivity contribution in [2.75, 3.05) is 44.7 Å². The van der Waals surface area contributed by atoms with E-state index in [0.29, 0.717) is 36.3 Å². The minimum Gasteiger partial charge on any atom is -0.372 e. The van der Waals surface area contributed by atoms with Gasteiger partial charge < -0.3 is 19.9 Å². The normalized spacial score (nSPS) is 19.4. The number of H-pyrrole nitrogens is 1. The van der Waals surface area contributed by atoms with Gasteiger partial charge in [0.05, 0.1) is 22.9 Å². The summed E-state index contributed by atoms with van der Waals surface area (Å²) in [5.41, 5.74) is 2.29. The van der Waals surface area contributed by atoms with Crippen molar-refractivity contribution in [1.29, 1.82) is 0 Å². The van der Waals surface area contributed by atoms with Gasteiger partial charge in [-0.3, -0.25) is 14.5 Å². The van der Waals surface area contributed by atoms with Crippen LogP contribution in [0.3, 0.4) is 0 Å². The maximum Gasteiger partial charge on any atom is 0.269 e. The van der Waals surface area contributed by atoms with Crippen molar-refractivity contribution in [2.24, 2.45) is 0 Å². The highest BCUT2D eigenvalue weighted by Gasteiger charge is 2.26. The van der Waals surface area contributed by atoms with E-state index in [1.807, 2.05) is 11.0 Å². The first-order chi connectivity index (χ1) is 14.4. The van der Waals surface area contributed by atoms with Gasteiger partial charge in [0, 0.05) is 51.9 Å². The Morgan fingerprint density at radius 2 is 2.13 bits per heavy atom. The second-order valence-electron chi connectivity index (χ2n) is 7.46. The molecule has 0 radical (unpaired) electrons. The minimum atomic E-state index is -0.633. The number of carbonyl (C=O) groups is 1. The Balaban J connectivity index is 1.33. The van der Waals surface area contributed by atoms with Crippen molar-refractivity contribution in [2.45, 2.75) is 19.1 Å². The highest BCUT2D eigenvalue weighted by Crippen LogP contribution is 2.23. The lowest BCUT2D eigenvalue weighted by molar-refractivity contribution is 0.00271. The van der Waals surface area contributed by atoms with E-state index in [1.54, 1.807) is 6.07 Å². The summed E-state index contributed by atoms with van der Waals surface area (Å²) < 4.78 is 20.9. The molecule has 0 aliphatic carbocycles. The number of halogens is 2. The number of hydrogen-bond acceptors (Lipinski definition) is 6. The van der Waals surface area contributed by atoms with Crippen LogP contribution in [-0.4, -0.2) is 66.7 Å². The van der Waals surface area contributed by atoms with Gasteiger partial charge in [0.2, 0.25) is 5.95 Å². The van der Waals surface area contributed by atoms with E-state index in [2.05, 4.69) is 36.1 Å². The smallest absolute Gasteiger partial charge is 0.269 e. The van der Waals surface area contributed by atoms with Gasteiger partial charge in [-0.05, 0) is 39.7 Å². The molecule has 160 valence electrons. The van der Waals surface area contributed by atoms with Crippen LogP contribution in [-0.2, 0) is 17.8 Å². The fraction of sp³-hybridized carbons (Fsp3) is 0.450. The molecule has 8 nitrogen and oxygen atoms in total. The van der Waals surface area contributed by atoms with Crippen molar-refractivity contribution in [3.63, 3.8) is 0 Å². The van der Waals surface area contributed by atoms with E-state index in [0.717, 1.165) is 30.9 Å². The first-order valence-corrected chi connectivity index (χ1v) is 10.6. The highest BCUT2D eigenvalue weighted by atomic mass is 79.9. The van der Waals surface area contributed by atoms with E-state index in [-0.39, 0.29) is 17.4 Å². The molecule has 2 aliphatic rings. The lowest BCUT2D eigenvalue weighted by atomic mass is 10.0. The summed E-state index contributed by atoms with van der Waals surface area (Å²) in [6, 6.07) is 4.97. The molecular weight excluding hydrogens is 457 g/mol. The van der Waals surface area contributed by atoms with E-state index in [9.17, 15) is 14.0 Å². The second kappa shape index (κ2) is 8.83. The average molecular weight is 480 g/mol. The Morgan fingerprint density at radius 1 is 1.37 bits per heavy atom. The number of pyridine rings is 2. The number of piperazine rings is 1. The van der Waals surface area contributed by atoms with Crippen LogP contribution in [0.1, 0.15) is 21.7 Å². The number of aromatic amines is 1. The third-order valence-electron chi connectivity index (χ3n) is 5.54. The van der Waals surface area contributed by atoms with Crippen molar-refractivity contribution >= 4 is 27.5 Å². The first kappa shape index (κ1) is 21.0. The van der Waals surface area contributed by atoms with Crippen LogP contribution >= 0.6 is 15.9 Å². The average Bonchev–Trinajstić information content (AvgIpc) is 2.75. The Labute approximate surface area is 181 Å².